The number of hydrogen-bond donors (Lipinski definition) is 2. The van der Waals surface area contributed by atoms with E-state index in [1.54, 1.807) is 6.07 Å². The Bertz CT molecular complexity index is 1500. The first-order chi connectivity index (χ1) is 16.1. The van der Waals surface area contributed by atoms with Crippen LogP contribution in [0.4, 0.5) is 4.79 Å². The Kier molecular flexibility index (Phi) is 4.86. The first kappa shape index (κ1) is 21.9. The van der Waals surface area contributed by atoms with Gasteiger partial charge in [0.25, 0.3) is 0 Å². The number of benzene rings is 1. The number of aryl methyl sites for hydroxylation is 1. The number of aromatic nitrogens is 2. The monoisotopic (exact) mass is 459 g/mol. The average molecular weight is 460 g/mol. The van der Waals surface area contributed by atoms with Gasteiger partial charge in [0.1, 0.15) is 0 Å². The molecule has 1 aliphatic rings. The molecular formula is C26H25N3O5. The Morgan fingerprint density at radius 1 is 1.18 bits per heavy atom. The quantitative estimate of drug-likeness (QED) is 0.403. The molecule has 0 aliphatic carbocycles. The van der Waals surface area contributed by atoms with Gasteiger partial charge in [0, 0.05) is 22.8 Å². The highest BCUT2D eigenvalue weighted by molar-refractivity contribution is 6.03. The van der Waals surface area contributed by atoms with Gasteiger partial charge in [0.15, 0.2) is 0 Å². The average Bonchev–Trinajstić information content (AvgIpc) is 3.32. The largest absolute Gasteiger partial charge is 0.464 e. The van der Waals surface area contributed by atoms with Gasteiger partial charge >= 0.3 is 6.09 Å². The third-order valence-corrected chi connectivity index (χ3v) is 6.39. The maximum absolute atomic E-state index is 12.4. The van der Waals surface area contributed by atoms with Gasteiger partial charge in [-0.25, -0.2) is 14.3 Å². The molecule has 1 unspecified atom stereocenters. The van der Waals surface area contributed by atoms with Crippen molar-refractivity contribution in [2.24, 2.45) is 0 Å². The minimum Gasteiger partial charge on any atom is -0.464 e. The standard InChI is InChI=1S/C26H25N3O5/c1-13-5-6-16-19(11-13)29(25(32)33)22(21(16)26(2,3)4)18-9-7-15-17(12-34-24(15)27-18)14-8-10-20(30)28-23(14)31/h5-7,9,11-12,14H,8,10H2,1-4H3,(H,32,33)(H,28,30,31). The molecule has 1 aliphatic heterocycles. The summed E-state index contributed by atoms with van der Waals surface area (Å²) in [7, 11) is 0. The number of furan rings is 1. The molecule has 1 aromatic carbocycles. The van der Waals surface area contributed by atoms with Crippen molar-refractivity contribution in [3.05, 3.63) is 53.3 Å². The van der Waals surface area contributed by atoms with E-state index in [1.165, 1.54) is 10.8 Å². The number of carbonyl (C=O) groups excluding carboxylic acids is 2. The Morgan fingerprint density at radius 2 is 1.91 bits per heavy atom. The number of imide groups is 1. The van der Waals surface area contributed by atoms with Crippen LogP contribution in [0.15, 0.2) is 41.0 Å². The maximum atomic E-state index is 12.4. The van der Waals surface area contributed by atoms with Crippen LogP contribution in [0.5, 0.6) is 0 Å². The number of hydrogen-bond acceptors (Lipinski definition) is 5. The van der Waals surface area contributed by atoms with E-state index < -0.39 is 12.0 Å². The minimum absolute atomic E-state index is 0.266. The lowest BCUT2D eigenvalue weighted by Gasteiger charge is -2.21. The summed E-state index contributed by atoms with van der Waals surface area (Å²) in [5.41, 5.74) is 4.05. The molecule has 1 saturated heterocycles. The van der Waals surface area contributed by atoms with Crippen molar-refractivity contribution in [2.45, 2.75) is 51.9 Å². The van der Waals surface area contributed by atoms with E-state index in [0.717, 1.165) is 16.5 Å². The van der Waals surface area contributed by atoms with Crippen LogP contribution in [0.2, 0.25) is 0 Å². The zero-order valence-corrected chi connectivity index (χ0v) is 19.4. The third-order valence-electron chi connectivity index (χ3n) is 6.39. The number of carboxylic acid groups (broad SMARTS) is 1. The predicted octanol–water partition coefficient (Wildman–Crippen LogP) is 5.10. The van der Waals surface area contributed by atoms with Crippen molar-refractivity contribution >= 4 is 39.9 Å². The topological polar surface area (TPSA) is 114 Å². The molecular weight excluding hydrogens is 434 g/mol. The van der Waals surface area contributed by atoms with Crippen molar-refractivity contribution in [1.29, 1.82) is 0 Å². The first-order valence-electron chi connectivity index (χ1n) is 11.2. The van der Waals surface area contributed by atoms with E-state index in [4.69, 9.17) is 4.42 Å². The summed E-state index contributed by atoms with van der Waals surface area (Å²) >= 11 is 0. The Hall–Kier alpha value is -3.94. The third kappa shape index (κ3) is 3.37. The van der Waals surface area contributed by atoms with Crippen molar-refractivity contribution in [2.75, 3.05) is 0 Å². The van der Waals surface area contributed by atoms with Crippen molar-refractivity contribution in [3.63, 3.8) is 0 Å². The Labute approximate surface area is 195 Å². The Morgan fingerprint density at radius 3 is 2.59 bits per heavy atom. The fourth-order valence-corrected chi connectivity index (χ4v) is 4.92. The summed E-state index contributed by atoms with van der Waals surface area (Å²) in [5.74, 6) is -1.12. The molecule has 8 nitrogen and oxygen atoms in total. The summed E-state index contributed by atoms with van der Waals surface area (Å²) in [6.45, 7) is 8.07. The van der Waals surface area contributed by atoms with Gasteiger partial charge in [0.2, 0.25) is 17.5 Å². The zero-order chi connectivity index (χ0) is 24.4. The summed E-state index contributed by atoms with van der Waals surface area (Å²) in [5, 5.41) is 14.1. The molecule has 2 N–H and O–H groups in total. The molecule has 4 aromatic rings. The first-order valence-corrected chi connectivity index (χ1v) is 11.2. The molecule has 0 saturated carbocycles. The smallest absolute Gasteiger partial charge is 0.416 e. The molecule has 4 heterocycles. The van der Waals surface area contributed by atoms with E-state index in [1.807, 2.05) is 52.0 Å². The molecule has 0 radical (unpaired) electrons. The second kappa shape index (κ2) is 7.55. The summed E-state index contributed by atoms with van der Waals surface area (Å²) < 4.78 is 7.02. The van der Waals surface area contributed by atoms with E-state index in [2.05, 4.69) is 10.3 Å². The number of rotatable bonds is 2. The van der Waals surface area contributed by atoms with Crippen LogP contribution in [0, 0.1) is 6.92 Å². The number of pyridine rings is 1. The fourth-order valence-electron chi connectivity index (χ4n) is 4.92. The van der Waals surface area contributed by atoms with E-state index in [0.29, 0.717) is 40.0 Å². The van der Waals surface area contributed by atoms with Crippen molar-refractivity contribution < 1.29 is 23.9 Å². The SMILES string of the molecule is Cc1ccc2c(C(C)(C)C)c(-c3ccc4c(C5CCC(=O)NC5=O)coc4n3)n(C(=O)O)c2c1. The second-order valence-electron chi connectivity index (χ2n) is 9.86. The lowest BCUT2D eigenvalue weighted by Crippen LogP contribution is -2.39. The lowest BCUT2D eigenvalue weighted by atomic mass is 9.84. The van der Waals surface area contributed by atoms with Crippen molar-refractivity contribution in [1.82, 2.24) is 14.9 Å². The normalized spacial score (nSPS) is 16.9. The molecule has 174 valence electrons. The number of nitrogens with zero attached hydrogens (tertiary/aromatic N) is 2. The van der Waals surface area contributed by atoms with Crippen molar-refractivity contribution in [3.8, 4) is 11.4 Å². The van der Waals surface area contributed by atoms with Crippen LogP contribution in [-0.2, 0) is 15.0 Å². The zero-order valence-electron chi connectivity index (χ0n) is 19.4. The molecule has 2 amide bonds. The summed E-state index contributed by atoms with van der Waals surface area (Å²) in [6, 6.07) is 9.38. The number of nitrogens with one attached hydrogen (secondary N) is 1. The molecule has 1 atom stereocenters. The van der Waals surface area contributed by atoms with Gasteiger partial charge in [0.05, 0.1) is 29.1 Å². The van der Waals surface area contributed by atoms with Gasteiger partial charge in [-0.1, -0.05) is 32.9 Å². The van der Waals surface area contributed by atoms with Crippen LogP contribution in [0.3, 0.4) is 0 Å². The van der Waals surface area contributed by atoms with Crippen LogP contribution >= 0.6 is 0 Å². The fraction of sp³-hybridized carbons (Fsp3) is 0.308. The van der Waals surface area contributed by atoms with Gasteiger partial charge in [-0.2, -0.15) is 0 Å². The molecule has 3 aromatic heterocycles. The van der Waals surface area contributed by atoms with Crippen LogP contribution in [0.25, 0.3) is 33.4 Å². The number of amides is 2. The minimum atomic E-state index is -1.09. The highest BCUT2D eigenvalue weighted by Gasteiger charge is 2.33. The molecule has 8 heteroatoms. The van der Waals surface area contributed by atoms with E-state index in [9.17, 15) is 19.5 Å². The van der Waals surface area contributed by atoms with Gasteiger partial charge < -0.3 is 9.52 Å². The van der Waals surface area contributed by atoms with Gasteiger partial charge in [-0.15, -0.1) is 0 Å². The summed E-state index contributed by atoms with van der Waals surface area (Å²) in [6.07, 6.45) is 1.08. The molecule has 0 spiro atoms. The number of fused-ring (bicyclic) bond motifs is 2. The summed E-state index contributed by atoms with van der Waals surface area (Å²) in [4.78, 5) is 41.0. The number of carbonyl (C=O) groups is 3. The predicted molar refractivity (Wildman–Crippen MR) is 127 cm³/mol. The maximum Gasteiger partial charge on any atom is 0.416 e. The molecule has 1 fully saturated rings. The number of piperidine rings is 1. The lowest BCUT2D eigenvalue weighted by molar-refractivity contribution is -0.134. The van der Waals surface area contributed by atoms with Gasteiger partial charge in [-0.05, 0) is 48.1 Å². The Balaban J connectivity index is 1.73. The second-order valence-corrected chi connectivity index (χ2v) is 9.86. The van der Waals surface area contributed by atoms with Gasteiger partial charge in [-0.3, -0.25) is 14.9 Å². The molecule has 5 rings (SSSR count). The van der Waals surface area contributed by atoms with Crippen LogP contribution in [0.1, 0.15) is 56.2 Å². The highest BCUT2D eigenvalue weighted by Crippen LogP contribution is 2.42. The highest BCUT2D eigenvalue weighted by atomic mass is 16.4. The van der Waals surface area contributed by atoms with Crippen LogP contribution in [-0.4, -0.2) is 32.6 Å². The van der Waals surface area contributed by atoms with Crippen LogP contribution < -0.4 is 5.32 Å². The van der Waals surface area contributed by atoms with E-state index >= 15 is 0 Å². The molecule has 34 heavy (non-hydrogen) atoms. The van der Waals surface area contributed by atoms with E-state index in [-0.39, 0.29) is 23.7 Å². The molecule has 0 bridgehead atoms.